The fourth-order valence-electron chi connectivity index (χ4n) is 1.97. The average molecular weight is 345 g/mol. The average Bonchev–Trinajstić information content (AvgIpc) is 3.11. The summed E-state index contributed by atoms with van der Waals surface area (Å²) in [6.45, 7) is 12.2. The number of aromatic amines is 1. The number of nitrogens with zero attached hydrogens (tertiary/aromatic N) is 2. The maximum Gasteiger partial charge on any atom is 0.143 e. The zero-order chi connectivity index (χ0) is 19.2. The Bertz CT molecular complexity index is 723. The van der Waals surface area contributed by atoms with E-state index in [2.05, 4.69) is 28.8 Å². The zero-order valence-corrected chi connectivity index (χ0v) is 16.6. The largest absolute Gasteiger partial charge is 0.496 e. The number of anilines is 1. The summed E-state index contributed by atoms with van der Waals surface area (Å²) in [5.74, 6) is 1.27. The van der Waals surface area contributed by atoms with Gasteiger partial charge in [0, 0.05) is 5.56 Å². The van der Waals surface area contributed by atoms with E-state index in [4.69, 9.17) is 10.5 Å². The number of methoxy groups -OCH3 is 1. The summed E-state index contributed by atoms with van der Waals surface area (Å²) < 4.78 is 5.34. The minimum Gasteiger partial charge on any atom is -0.496 e. The van der Waals surface area contributed by atoms with Crippen LogP contribution in [0.3, 0.4) is 0 Å². The summed E-state index contributed by atoms with van der Waals surface area (Å²) in [4.78, 5) is 11.3. The summed E-state index contributed by atoms with van der Waals surface area (Å²) >= 11 is 0. The second-order valence-corrected chi connectivity index (χ2v) is 4.61. The lowest BCUT2D eigenvalue weighted by molar-refractivity contribution is 0.416. The maximum absolute atomic E-state index is 5.82. The van der Waals surface area contributed by atoms with Crippen molar-refractivity contribution < 1.29 is 4.74 Å². The molecule has 0 atom stereocenters. The van der Waals surface area contributed by atoms with Gasteiger partial charge in [-0.1, -0.05) is 60.1 Å². The monoisotopic (exact) mass is 344 g/mol. The molecule has 0 aliphatic carbocycles. The minimum atomic E-state index is 0.470. The van der Waals surface area contributed by atoms with Crippen molar-refractivity contribution in [3.8, 4) is 17.0 Å². The van der Waals surface area contributed by atoms with E-state index in [0.29, 0.717) is 5.82 Å². The predicted molar refractivity (Wildman–Crippen MR) is 109 cm³/mol. The summed E-state index contributed by atoms with van der Waals surface area (Å²) in [5, 5.41) is 0.818. The summed E-state index contributed by atoms with van der Waals surface area (Å²) in [7, 11) is 1.65. The first kappa shape index (κ1) is 22.4. The lowest BCUT2D eigenvalue weighted by atomic mass is 10.1. The van der Waals surface area contributed by atoms with Gasteiger partial charge in [-0.25, -0.2) is 9.97 Å². The maximum atomic E-state index is 5.82. The van der Waals surface area contributed by atoms with E-state index in [0.717, 1.165) is 28.0 Å². The molecule has 0 bridgehead atoms. The van der Waals surface area contributed by atoms with E-state index < -0.39 is 0 Å². The smallest absolute Gasteiger partial charge is 0.143 e. The first-order chi connectivity index (χ1) is 12.2. The molecule has 0 aliphatic rings. The molecule has 0 unspecified atom stereocenters. The Morgan fingerprint density at radius 3 is 2.20 bits per heavy atom. The quantitative estimate of drug-likeness (QED) is 0.626. The van der Waals surface area contributed by atoms with Crippen molar-refractivity contribution in [3.63, 3.8) is 0 Å². The molecule has 1 aromatic carbocycles. The lowest BCUT2D eigenvalue weighted by Gasteiger charge is -2.05. The number of H-pyrrole nitrogens is 1. The highest BCUT2D eigenvalue weighted by atomic mass is 16.5. The Balaban J connectivity index is 0.000000728. The molecule has 25 heavy (non-hydrogen) atoms. The Labute approximate surface area is 151 Å². The molecule has 3 aromatic rings. The second kappa shape index (κ2) is 12.8. The van der Waals surface area contributed by atoms with Crippen molar-refractivity contribution in [3.05, 3.63) is 36.7 Å². The summed E-state index contributed by atoms with van der Waals surface area (Å²) in [6, 6.07) is 9.71. The first-order valence-electron chi connectivity index (χ1n) is 8.93. The van der Waals surface area contributed by atoms with Crippen molar-refractivity contribution in [1.82, 2.24) is 15.0 Å². The number of hydrogen-bond donors (Lipinski definition) is 2. The molecule has 5 nitrogen and oxygen atoms in total. The molecule has 5 heteroatoms. The third kappa shape index (κ3) is 6.10. The molecule has 3 N–H and O–H groups in total. The Kier molecular flexibility index (Phi) is 11.5. The van der Waals surface area contributed by atoms with Gasteiger partial charge in [-0.05, 0) is 18.2 Å². The van der Waals surface area contributed by atoms with Crippen LogP contribution in [0.2, 0.25) is 0 Å². The molecule has 138 valence electrons. The molecule has 0 radical (unpaired) electrons. The van der Waals surface area contributed by atoms with Crippen LogP contribution in [-0.4, -0.2) is 22.1 Å². The van der Waals surface area contributed by atoms with Gasteiger partial charge in [-0.3, -0.25) is 0 Å². The van der Waals surface area contributed by atoms with Gasteiger partial charge in [0.2, 0.25) is 0 Å². The van der Waals surface area contributed by atoms with Gasteiger partial charge in [0.25, 0.3) is 0 Å². The van der Waals surface area contributed by atoms with Crippen molar-refractivity contribution in [1.29, 1.82) is 0 Å². The molecule has 0 aliphatic heterocycles. The van der Waals surface area contributed by atoms with Gasteiger partial charge in [0.15, 0.2) is 0 Å². The number of nitrogens with one attached hydrogen (secondary N) is 1. The first-order valence-corrected chi connectivity index (χ1v) is 8.93. The molecule has 2 aromatic heterocycles. The van der Waals surface area contributed by atoms with Crippen molar-refractivity contribution in [2.75, 3.05) is 12.8 Å². The number of ether oxygens (including phenoxy) is 1. The molecule has 2 heterocycles. The fraction of sp³-hybridized carbons (Fsp3) is 0.400. The SMILES string of the molecule is CC.CC.CCC.COc1ccccc1-c1cc2c(N)ncnc2[nH]1. The highest BCUT2D eigenvalue weighted by Crippen LogP contribution is 2.31. The Morgan fingerprint density at radius 1 is 1.04 bits per heavy atom. The van der Waals surface area contributed by atoms with E-state index in [1.807, 2.05) is 58.0 Å². The van der Waals surface area contributed by atoms with Gasteiger partial charge in [-0.2, -0.15) is 0 Å². The number of fused-ring (bicyclic) bond motifs is 1. The molecule has 0 fully saturated rings. The van der Waals surface area contributed by atoms with Crippen LogP contribution in [0, 0.1) is 0 Å². The van der Waals surface area contributed by atoms with Crippen LogP contribution >= 0.6 is 0 Å². The predicted octanol–water partition coefficient (Wildman–Crippen LogP) is 5.68. The van der Waals surface area contributed by atoms with Crippen LogP contribution in [0.15, 0.2) is 36.7 Å². The number of nitrogen functional groups attached to an aromatic ring is 1. The van der Waals surface area contributed by atoms with Crippen molar-refractivity contribution in [2.45, 2.75) is 48.0 Å². The van der Waals surface area contributed by atoms with E-state index in [9.17, 15) is 0 Å². The van der Waals surface area contributed by atoms with Crippen LogP contribution < -0.4 is 10.5 Å². The van der Waals surface area contributed by atoms with Gasteiger partial charge in [-0.15, -0.1) is 0 Å². The van der Waals surface area contributed by atoms with Crippen LogP contribution in [-0.2, 0) is 0 Å². The normalized spacial score (nSPS) is 8.92. The van der Waals surface area contributed by atoms with E-state index in [1.165, 1.54) is 12.7 Å². The second-order valence-electron chi connectivity index (χ2n) is 4.61. The van der Waals surface area contributed by atoms with Gasteiger partial charge >= 0.3 is 0 Å². The third-order valence-corrected chi connectivity index (χ3v) is 2.85. The van der Waals surface area contributed by atoms with Gasteiger partial charge in [0.05, 0.1) is 18.2 Å². The number of aromatic nitrogens is 3. The van der Waals surface area contributed by atoms with Gasteiger partial charge in [0.1, 0.15) is 23.5 Å². The van der Waals surface area contributed by atoms with Crippen molar-refractivity contribution >= 4 is 16.9 Å². The van der Waals surface area contributed by atoms with E-state index >= 15 is 0 Å². The van der Waals surface area contributed by atoms with Crippen LogP contribution in [0.1, 0.15) is 48.0 Å². The van der Waals surface area contributed by atoms with Crippen LogP contribution in [0.5, 0.6) is 5.75 Å². The number of rotatable bonds is 2. The molecular formula is C20H32N4O. The summed E-state index contributed by atoms with van der Waals surface area (Å²) in [5.41, 5.74) is 8.42. The molecule has 0 spiro atoms. The minimum absolute atomic E-state index is 0.470. The molecule has 0 saturated carbocycles. The Morgan fingerprint density at radius 2 is 1.64 bits per heavy atom. The number of hydrogen-bond acceptors (Lipinski definition) is 4. The number of benzene rings is 1. The van der Waals surface area contributed by atoms with Crippen LogP contribution in [0.4, 0.5) is 5.82 Å². The summed E-state index contributed by atoms with van der Waals surface area (Å²) in [6.07, 6.45) is 2.69. The molecular weight excluding hydrogens is 312 g/mol. The topological polar surface area (TPSA) is 76.8 Å². The fourth-order valence-corrected chi connectivity index (χ4v) is 1.97. The standard InChI is InChI=1S/C13H12N4O.C3H8.2C2H6/c1-18-11-5-3-2-4-8(11)10-6-9-12(14)15-7-16-13(9)17-10;1-3-2;2*1-2/h2-7H,1H3,(H3,14,15,16,17);3H2,1-2H3;2*1-2H3. The van der Waals surface area contributed by atoms with E-state index in [1.54, 1.807) is 7.11 Å². The highest BCUT2D eigenvalue weighted by Gasteiger charge is 2.10. The van der Waals surface area contributed by atoms with Crippen LogP contribution in [0.25, 0.3) is 22.3 Å². The highest BCUT2D eigenvalue weighted by molar-refractivity contribution is 5.91. The molecule has 3 rings (SSSR count). The lowest BCUT2D eigenvalue weighted by Crippen LogP contribution is -1.90. The third-order valence-electron chi connectivity index (χ3n) is 2.85. The number of para-hydroxylation sites is 1. The van der Waals surface area contributed by atoms with Gasteiger partial charge < -0.3 is 15.5 Å². The van der Waals surface area contributed by atoms with Crippen molar-refractivity contribution in [2.24, 2.45) is 0 Å². The number of nitrogens with two attached hydrogens (primary N) is 1. The molecule has 0 amide bonds. The Hall–Kier alpha value is -2.56. The van der Waals surface area contributed by atoms with E-state index in [-0.39, 0.29) is 0 Å². The zero-order valence-electron chi connectivity index (χ0n) is 16.6. The molecule has 0 saturated heterocycles.